The number of amides is 1. The van der Waals surface area contributed by atoms with E-state index in [9.17, 15) is 13.2 Å². The lowest BCUT2D eigenvalue weighted by Gasteiger charge is -2.07. The van der Waals surface area contributed by atoms with Gasteiger partial charge in [0, 0.05) is 24.9 Å². The maximum atomic E-state index is 11.6. The topological polar surface area (TPSA) is 98.5 Å². The molecule has 0 atom stereocenters. The molecule has 6 nitrogen and oxygen atoms in total. The first-order valence-corrected chi connectivity index (χ1v) is 8.37. The van der Waals surface area contributed by atoms with Crippen LogP contribution in [0, 0.1) is 0 Å². The Balaban J connectivity index is 0.00000400. The third-order valence-corrected chi connectivity index (χ3v) is 3.47. The van der Waals surface area contributed by atoms with Crippen LogP contribution in [0.1, 0.15) is 12.8 Å². The number of benzene rings is 1. The van der Waals surface area contributed by atoms with Crippen molar-refractivity contribution < 1.29 is 17.9 Å². The Morgan fingerprint density at radius 1 is 1.29 bits per heavy atom. The standard InChI is InChI=1S/C13H20N2O4S.ClH/c1-20(17,18)10-2-3-13(16)15-11-4-6-12(7-5-11)19-9-8-14;/h4-7H,2-3,8-10,14H2,1H3,(H,15,16);1H. The number of nitrogens with one attached hydrogen (secondary N) is 1. The molecule has 0 aliphatic carbocycles. The fourth-order valence-corrected chi connectivity index (χ4v) is 2.20. The number of carbonyl (C=O) groups is 1. The van der Waals surface area contributed by atoms with Gasteiger partial charge in [0.25, 0.3) is 0 Å². The zero-order chi connectivity index (χ0) is 15.0. The van der Waals surface area contributed by atoms with E-state index in [4.69, 9.17) is 10.5 Å². The van der Waals surface area contributed by atoms with Crippen LogP contribution in [0.15, 0.2) is 24.3 Å². The second-order valence-corrected chi connectivity index (χ2v) is 6.70. The molecule has 0 aromatic heterocycles. The van der Waals surface area contributed by atoms with Crippen LogP contribution in [-0.2, 0) is 14.6 Å². The number of nitrogens with two attached hydrogens (primary N) is 1. The first-order valence-electron chi connectivity index (χ1n) is 6.31. The van der Waals surface area contributed by atoms with Gasteiger partial charge in [-0.2, -0.15) is 0 Å². The summed E-state index contributed by atoms with van der Waals surface area (Å²) in [6.07, 6.45) is 1.66. The fraction of sp³-hybridized carbons (Fsp3) is 0.462. The van der Waals surface area contributed by atoms with E-state index in [1.807, 2.05) is 0 Å². The molecule has 0 saturated heterocycles. The Kier molecular flexibility index (Phi) is 9.00. The number of ether oxygens (including phenoxy) is 1. The van der Waals surface area contributed by atoms with Gasteiger partial charge in [0.15, 0.2) is 0 Å². The molecular formula is C13H21ClN2O4S. The first-order chi connectivity index (χ1) is 9.40. The molecule has 3 N–H and O–H groups in total. The van der Waals surface area contributed by atoms with Gasteiger partial charge < -0.3 is 15.8 Å². The van der Waals surface area contributed by atoms with E-state index in [0.717, 1.165) is 6.26 Å². The highest BCUT2D eigenvalue weighted by atomic mass is 35.5. The summed E-state index contributed by atoms with van der Waals surface area (Å²) < 4.78 is 27.2. The van der Waals surface area contributed by atoms with Crippen LogP contribution < -0.4 is 15.8 Å². The smallest absolute Gasteiger partial charge is 0.224 e. The van der Waals surface area contributed by atoms with E-state index in [0.29, 0.717) is 31.0 Å². The Morgan fingerprint density at radius 3 is 2.43 bits per heavy atom. The largest absolute Gasteiger partial charge is 0.492 e. The van der Waals surface area contributed by atoms with Gasteiger partial charge in [-0.25, -0.2) is 8.42 Å². The Hall–Kier alpha value is -1.31. The second-order valence-electron chi connectivity index (χ2n) is 4.44. The van der Waals surface area contributed by atoms with Gasteiger partial charge in [-0.3, -0.25) is 4.79 Å². The van der Waals surface area contributed by atoms with Crippen LogP contribution in [-0.4, -0.2) is 39.5 Å². The van der Waals surface area contributed by atoms with E-state index < -0.39 is 9.84 Å². The predicted molar refractivity (Wildman–Crippen MR) is 85.8 cm³/mol. The lowest BCUT2D eigenvalue weighted by Crippen LogP contribution is -2.13. The maximum absolute atomic E-state index is 11.6. The van der Waals surface area contributed by atoms with Gasteiger partial charge in [0.05, 0.1) is 5.75 Å². The highest BCUT2D eigenvalue weighted by Crippen LogP contribution is 2.15. The second kappa shape index (κ2) is 9.59. The zero-order valence-electron chi connectivity index (χ0n) is 11.9. The molecule has 0 heterocycles. The van der Waals surface area contributed by atoms with Crippen LogP contribution in [0.5, 0.6) is 5.75 Å². The number of anilines is 1. The Bertz CT molecular complexity index is 532. The highest BCUT2D eigenvalue weighted by molar-refractivity contribution is 7.90. The van der Waals surface area contributed by atoms with Crippen molar-refractivity contribution in [2.75, 3.05) is 30.5 Å². The van der Waals surface area contributed by atoms with Crippen LogP contribution in [0.3, 0.4) is 0 Å². The van der Waals surface area contributed by atoms with Crippen molar-refractivity contribution in [3.63, 3.8) is 0 Å². The minimum Gasteiger partial charge on any atom is -0.492 e. The number of rotatable bonds is 8. The molecule has 0 fully saturated rings. The average Bonchev–Trinajstić information content (AvgIpc) is 2.36. The van der Waals surface area contributed by atoms with E-state index in [-0.39, 0.29) is 30.5 Å². The van der Waals surface area contributed by atoms with Crippen LogP contribution in [0.4, 0.5) is 5.69 Å². The monoisotopic (exact) mass is 336 g/mol. The zero-order valence-corrected chi connectivity index (χ0v) is 13.5. The van der Waals surface area contributed by atoms with Crippen molar-refractivity contribution in [2.45, 2.75) is 12.8 Å². The minimum absolute atomic E-state index is 0. The van der Waals surface area contributed by atoms with Crippen LogP contribution in [0.2, 0.25) is 0 Å². The third kappa shape index (κ3) is 9.28. The average molecular weight is 337 g/mol. The fourth-order valence-electron chi connectivity index (χ4n) is 1.53. The number of hydrogen-bond donors (Lipinski definition) is 2. The normalized spacial score (nSPS) is 10.6. The Labute approximate surface area is 131 Å². The van der Waals surface area contributed by atoms with Crippen molar-refractivity contribution in [3.8, 4) is 5.75 Å². The van der Waals surface area contributed by atoms with Crippen molar-refractivity contribution in [1.82, 2.24) is 0 Å². The van der Waals surface area contributed by atoms with Gasteiger partial charge in [-0.05, 0) is 30.7 Å². The third-order valence-electron chi connectivity index (χ3n) is 2.44. The molecule has 21 heavy (non-hydrogen) atoms. The van der Waals surface area contributed by atoms with Crippen molar-refractivity contribution in [2.24, 2.45) is 5.73 Å². The predicted octanol–water partition coefficient (Wildman–Crippen LogP) is 1.21. The summed E-state index contributed by atoms with van der Waals surface area (Å²) in [4.78, 5) is 11.6. The molecule has 1 rings (SSSR count). The van der Waals surface area contributed by atoms with E-state index in [2.05, 4.69) is 5.32 Å². The molecule has 0 aliphatic rings. The SMILES string of the molecule is CS(=O)(=O)CCCC(=O)Nc1ccc(OCCN)cc1.Cl. The molecule has 0 aliphatic heterocycles. The molecule has 1 aromatic carbocycles. The molecule has 0 saturated carbocycles. The van der Waals surface area contributed by atoms with Crippen LogP contribution in [0.25, 0.3) is 0 Å². The van der Waals surface area contributed by atoms with E-state index in [1.54, 1.807) is 24.3 Å². The molecule has 1 amide bonds. The summed E-state index contributed by atoms with van der Waals surface area (Å²) in [5.74, 6) is 0.501. The molecule has 120 valence electrons. The summed E-state index contributed by atoms with van der Waals surface area (Å²) in [5.41, 5.74) is 5.97. The lowest BCUT2D eigenvalue weighted by molar-refractivity contribution is -0.116. The quantitative estimate of drug-likeness (QED) is 0.743. The van der Waals surface area contributed by atoms with Gasteiger partial charge >= 0.3 is 0 Å². The lowest BCUT2D eigenvalue weighted by atomic mass is 10.2. The summed E-state index contributed by atoms with van der Waals surface area (Å²) >= 11 is 0. The number of halogens is 1. The molecule has 1 aromatic rings. The van der Waals surface area contributed by atoms with Crippen molar-refractivity contribution in [3.05, 3.63) is 24.3 Å². The molecule has 0 bridgehead atoms. The molecule has 0 unspecified atom stereocenters. The van der Waals surface area contributed by atoms with Crippen molar-refractivity contribution in [1.29, 1.82) is 0 Å². The summed E-state index contributed by atoms with van der Waals surface area (Å²) in [6.45, 7) is 0.885. The van der Waals surface area contributed by atoms with Crippen molar-refractivity contribution >= 4 is 33.8 Å². The number of carbonyl (C=O) groups excluding carboxylic acids is 1. The molecule has 0 radical (unpaired) electrons. The van der Waals surface area contributed by atoms with Gasteiger partial charge in [0.2, 0.25) is 5.91 Å². The summed E-state index contributed by atoms with van der Waals surface area (Å²) in [6, 6.07) is 6.92. The molecule has 0 spiro atoms. The van der Waals surface area contributed by atoms with Crippen LogP contribution >= 0.6 is 12.4 Å². The number of hydrogen-bond acceptors (Lipinski definition) is 5. The molecular weight excluding hydrogens is 316 g/mol. The molecule has 8 heteroatoms. The van der Waals surface area contributed by atoms with E-state index in [1.165, 1.54) is 0 Å². The minimum atomic E-state index is -3.01. The van der Waals surface area contributed by atoms with Gasteiger partial charge in [0.1, 0.15) is 22.2 Å². The Morgan fingerprint density at radius 2 is 1.90 bits per heavy atom. The summed E-state index contributed by atoms with van der Waals surface area (Å²) in [5, 5.41) is 2.70. The van der Waals surface area contributed by atoms with Gasteiger partial charge in [-0.15, -0.1) is 12.4 Å². The van der Waals surface area contributed by atoms with Gasteiger partial charge in [-0.1, -0.05) is 0 Å². The first kappa shape index (κ1) is 19.7. The summed E-state index contributed by atoms with van der Waals surface area (Å²) in [7, 11) is -3.01. The maximum Gasteiger partial charge on any atom is 0.224 e. The highest BCUT2D eigenvalue weighted by Gasteiger charge is 2.06. The number of sulfone groups is 1. The van der Waals surface area contributed by atoms with E-state index >= 15 is 0 Å².